The summed E-state index contributed by atoms with van der Waals surface area (Å²) in [6.07, 6.45) is 0.775. The van der Waals surface area contributed by atoms with Crippen LogP contribution in [0.3, 0.4) is 0 Å². The molecule has 0 spiro atoms. The van der Waals surface area contributed by atoms with Crippen molar-refractivity contribution >= 4 is 27.8 Å². The molecule has 0 amide bonds. The summed E-state index contributed by atoms with van der Waals surface area (Å²) in [5, 5.41) is 9.07. The zero-order valence-corrected chi connectivity index (χ0v) is 11.7. The van der Waals surface area contributed by atoms with E-state index >= 15 is 0 Å². The van der Waals surface area contributed by atoms with Crippen LogP contribution in [0.1, 0.15) is 0 Å². The van der Waals surface area contributed by atoms with Crippen LogP contribution in [0.2, 0.25) is 0 Å². The lowest BCUT2D eigenvalue weighted by Crippen LogP contribution is -2.51. The van der Waals surface area contributed by atoms with E-state index in [1.165, 1.54) is 11.8 Å². The highest BCUT2D eigenvalue weighted by Crippen LogP contribution is 2.22. The fourth-order valence-corrected chi connectivity index (χ4v) is 4.61. The van der Waals surface area contributed by atoms with Crippen LogP contribution in [0, 0.1) is 0 Å². The van der Waals surface area contributed by atoms with E-state index in [4.69, 9.17) is 5.11 Å². The summed E-state index contributed by atoms with van der Waals surface area (Å²) in [5.41, 5.74) is -1.91. The standard InChI is InChI=1S/C9H11N3O6S2/c13-7-6(3-10-9(16)11-7)20(17,18)12-1-2-19-4-5(12)8(14)15/h3,5H,1-2,4H2,(H,14,15)(H2,10,11,13,16). The molecule has 11 heteroatoms. The first-order chi connectivity index (χ1) is 9.34. The number of nitrogens with one attached hydrogen (secondary N) is 2. The summed E-state index contributed by atoms with van der Waals surface area (Å²) < 4.78 is 25.5. The first-order valence-corrected chi connectivity index (χ1v) is 8.08. The van der Waals surface area contributed by atoms with Crippen molar-refractivity contribution in [1.82, 2.24) is 14.3 Å². The van der Waals surface area contributed by atoms with Crippen molar-refractivity contribution < 1.29 is 18.3 Å². The number of aliphatic carboxylic acids is 1. The van der Waals surface area contributed by atoms with Crippen molar-refractivity contribution in [2.75, 3.05) is 18.1 Å². The molecule has 20 heavy (non-hydrogen) atoms. The Morgan fingerprint density at radius 2 is 2.15 bits per heavy atom. The van der Waals surface area contributed by atoms with E-state index < -0.39 is 38.2 Å². The van der Waals surface area contributed by atoms with Crippen LogP contribution in [0.4, 0.5) is 0 Å². The highest BCUT2D eigenvalue weighted by molar-refractivity contribution is 7.99. The van der Waals surface area contributed by atoms with Crippen LogP contribution in [-0.4, -0.2) is 57.9 Å². The van der Waals surface area contributed by atoms with Gasteiger partial charge in [-0.15, -0.1) is 0 Å². The first-order valence-electron chi connectivity index (χ1n) is 5.48. The maximum atomic E-state index is 12.3. The minimum absolute atomic E-state index is 0.0114. The Morgan fingerprint density at radius 3 is 2.75 bits per heavy atom. The third-order valence-electron chi connectivity index (χ3n) is 2.74. The molecule has 2 rings (SSSR count). The van der Waals surface area contributed by atoms with E-state index in [0.717, 1.165) is 10.5 Å². The van der Waals surface area contributed by atoms with Gasteiger partial charge in [0.15, 0.2) is 4.90 Å². The van der Waals surface area contributed by atoms with Crippen LogP contribution >= 0.6 is 11.8 Å². The number of nitrogens with zero attached hydrogens (tertiary/aromatic N) is 1. The maximum absolute atomic E-state index is 12.3. The van der Waals surface area contributed by atoms with E-state index in [9.17, 15) is 22.8 Å². The Bertz CT molecular complexity index is 737. The average Bonchev–Trinajstić information content (AvgIpc) is 2.38. The minimum atomic E-state index is -4.28. The van der Waals surface area contributed by atoms with Gasteiger partial charge in [0, 0.05) is 24.2 Å². The number of hydrogen-bond donors (Lipinski definition) is 3. The topological polar surface area (TPSA) is 140 Å². The fraction of sp³-hybridized carbons (Fsp3) is 0.444. The second kappa shape index (κ2) is 5.42. The molecule has 0 saturated carbocycles. The van der Waals surface area contributed by atoms with Crippen molar-refractivity contribution in [1.29, 1.82) is 0 Å². The molecule has 0 aliphatic carbocycles. The summed E-state index contributed by atoms with van der Waals surface area (Å²) in [6, 6.07) is -1.23. The second-order valence-corrected chi connectivity index (χ2v) is 6.99. The Hall–Kier alpha value is -1.59. The van der Waals surface area contributed by atoms with Gasteiger partial charge >= 0.3 is 11.7 Å². The summed E-state index contributed by atoms with van der Waals surface area (Å²) in [7, 11) is -4.28. The van der Waals surface area contributed by atoms with Crippen LogP contribution in [0.5, 0.6) is 0 Å². The lowest BCUT2D eigenvalue weighted by molar-refractivity contribution is -0.140. The molecule has 0 aromatic carbocycles. The van der Waals surface area contributed by atoms with Crippen molar-refractivity contribution in [3.05, 3.63) is 27.0 Å². The molecule has 0 radical (unpaired) electrons. The van der Waals surface area contributed by atoms with E-state index in [-0.39, 0.29) is 12.3 Å². The van der Waals surface area contributed by atoms with Gasteiger partial charge in [-0.25, -0.2) is 13.2 Å². The molecule has 1 saturated heterocycles. The number of carboxylic acid groups (broad SMARTS) is 1. The predicted molar refractivity (Wildman–Crippen MR) is 70.3 cm³/mol. The third kappa shape index (κ3) is 2.64. The molecule has 1 aromatic heterocycles. The Labute approximate surface area is 117 Å². The molecule has 1 fully saturated rings. The van der Waals surface area contributed by atoms with E-state index in [2.05, 4.69) is 4.98 Å². The van der Waals surface area contributed by atoms with Crippen molar-refractivity contribution in [3.8, 4) is 0 Å². The van der Waals surface area contributed by atoms with Gasteiger partial charge in [0.2, 0.25) is 0 Å². The Kier molecular flexibility index (Phi) is 4.01. The van der Waals surface area contributed by atoms with Crippen molar-refractivity contribution in [2.45, 2.75) is 10.9 Å². The number of sulfonamides is 1. The number of rotatable bonds is 3. The molecule has 1 aliphatic rings. The molecular formula is C9H11N3O6S2. The van der Waals surface area contributed by atoms with Gasteiger partial charge in [-0.3, -0.25) is 14.6 Å². The van der Waals surface area contributed by atoms with Gasteiger partial charge < -0.3 is 10.1 Å². The largest absolute Gasteiger partial charge is 0.480 e. The number of carbonyl (C=O) groups is 1. The smallest absolute Gasteiger partial charge is 0.325 e. The second-order valence-electron chi connectivity index (χ2n) is 3.98. The average molecular weight is 321 g/mol. The zero-order valence-electron chi connectivity index (χ0n) is 10.0. The molecular weight excluding hydrogens is 310 g/mol. The van der Waals surface area contributed by atoms with Crippen LogP contribution in [0.15, 0.2) is 20.7 Å². The molecule has 1 aliphatic heterocycles. The number of aromatic nitrogens is 2. The number of carboxylic acids is 1. The molecule has 0 bridgehead atoms. The zero-order chi connectivity index (χ0) is 14.9. The molecule has 3 N–H and O–H groups in total. The molecule has 1 aromatic rings. The van der Waals surface area contributed by atoms with Gasteiger partial charge in [0.1, 0.15) is 6.04 Å². The SMILES string of the molecule is O=C(O)C1CSCCN1S(=O)(=O)c1c[nH]c(=O)[nH]c1=O. The molecule has 9 nitrogen and oxygen atoms in total. The van der Waals surface area contributed by atoms with E-state index in [1.54, 1.807) is 4.98 Å². The van der Waals surface area contributed by atoms with Crippen LogP contribution in [-0.2, 0) is 14.8 Å². The minimum Gasteiger partial charge on any atom is -0.480 e. The monoisotopic (exact) mass is 321 g/mol. The third-order valence-corrected chi connectivity index (χ3v) is 5.67. The molecule has 2 heterocycles. The normalized spacial score (nSPS) is 20.7. The summed E-state index contributed by atoms with van der Waals surface area (Å²) >= 11 is 1.32. The van der Waals surface area contributed by atoms with Gasteiger partial charge in [0.05, 0.1) is 0 Å². The van der Waals surface area contributed by atoms with Gasteiger partial charge in [0.25, 0.3) is 15.6 Å². The first kappa shape index (κ1) is 14.8. The van der Waals surface area contributed by atoms with Gasteiger partial charge in [-0.1, -0.05) is 0 Å². The molecule has 1 unspecified atom stereocenters. The van der Waals surface area contributed by atoms with Gasteiger partial charge in [-0.2, -0.15) is 16.1 Å². The lowest BCUT2D eigenvalue weighted by atomic mass is 10.3. The van der Waals surface area contributed by atoms with Crippen LogP contribution in [0.25, 0.3) is 0 Å². The molecule has 1 atom stereocenters. The number of aromatic amines is 2. The lowest BCUT2D eigenvalue weighted by Gasteiger charge is -2.31. The Balaban J connectivity index is 2.50. The summed E-state index contributed by atoms with van der Waals surface area (Å²) in [5.74, 6) is -0.735. The summed E-state index contributed by atoms with van der Waals surface area (Å²) in [6.45, 7) is -0.0114. The van der Waals surface area contributed by atoms with E-state index in [0.29, 0.717) is 5.75 Å². The quantitative estimate of drug-likeness (QED) is 0.600. The maximum Gasteiger partial charge on any atom is 0.325 e. The predicted octanol–water partition coefficient (Wildman–Crippen LogP) is -1.75. The highest BCUT2D eigenvalue weighted by atomic mass is 32.2. The molecule has 110 valence electrons. The highest BCUT2D eigenvalue weighted by Gasteiger charge is 2.39. The Morgan fingerprint density at radius 1 is 1.45 bits per heavy atom. The van der Waals surface area contributed by atoms with Crippen LogP contribution < -0.4 is 11.2 Å². The van der Waals surface area contributed by atoms with E-state index in [1.807, 2.05) is 0 Å². The van der Waals surface area contributed by atoms with Crippen molar-refractivity contribution in [2.24, 2.45) is 0 Å². The number of H-pyrrole nitrogens is 2. The number of hydrogen-bond acceptors (Lipinski definition) is 6. The van der Waals surface area contributed by atoms with Crippen molar-refractivity contribution in [3.63, 3.8) is 0 Å². The summed E-state index contributed by atoms with van der Waals surface area (Å²) in [4.78, 5) is 36.8. The number of thioether (sulfide) groups is 1. The van der Waals surface area contributed by atoms with Gasteiger partial charge in [-0.05, 0) is 0 Å². The fourth-order valence-electron chi connectivity index (χ4n) is 1.79.